The van der Waals surface area contributed by atoms with Crippen molar-refractivity contribution in [1.29, 1.82) is 5.26 Å². The summed E-state index contributed by atoms with van der Waals surface area (Å²) in [5, 5.41) is 22.9. The summed E-state index contributed by atoms with van der Waals surface area (Å²) < 4.78 is 5.94. The highest BCUT2D eigenvalue weighted by molar-refractivity contribution is 9.10. The molecule has 2 heterocycles. The summed E-state index contributed by atoms with van der Waals surface area (Å²) in [7, 11) is 1.57. The molecule has 1 unspecified atom stereocenters. The van der Waals surface area contributed by atoms with Gasteiger partial charge in [0, 0.05) is 12.7 Å². The number of H-pyrrole nitrogens is 2. The number of hydrogen-bond donors (Lipinski definition) is 5. The molecule has 162 valence electrons. The topological polar surface area (TPSA) is 153 Å². The van der Waals surface area contributed by atoms with Crippen molar-refractivity contribution >= 4 is 38.3 Å². The molecule has 0 aliphatic rings. The Morgan fingerprint density at radius 2 is 2.16 bits per heavy atom. The molecule has 0 bridgehead atoms. The number of anilines is 2. The van der Waals surface area contributed by atoms with Crippen molar-refractivity contribution in [2.75, 3.05) is 24.7 Å². The molecule has 0 spiro atoms. The quantitative estimate of drug-likeness (QED) is 0.257. The molecule has 0 amide bonds. The molecule has 0 radical (unpaired) electrons. The number of methoxy groups -OCH3 is 1. The van der Waals surface area contributed by atoms with Gasteiger partial charge in [-0.25, -0.2) is 4.98 Å². The Balaban J connectivity index is 1.65. The Labute approximate surface area is 191 Å². The maximum atomic E-state index is 12.6. The third-order valence-corrected chi connectivity index (χ3v) is 5.61. The number of nitrogen functional groups attached to an aromatic ring is 1. The van der Waals surface area contributed by atoms with Crippen LogP contribution >= 0.6 is 15.9 Å². The van der Waals surface area contributed by atoms with Crippen LogP contribution in [0.25, 0.3) is 22.4 Å². The number of nitrogens with two attached hydrogens (primary N) is 1. The third kappa shape index (κ3) is 4.03. The van der Waals surface area contributed by atoms with Crippen LogP contribution in [0.2, 0.25) is 0 Å². The number of nitriles is 1. The van der Waals surface area contributed by atoms with Crippen molar-refractivity contribution in [1.82, 2.24) is 15.0 Å². The first kappa shape index (κ1) is 21.4. The smallest absolute Gasteiger partial charge is 0.261 e. The SMILES string of the molecule is COc1ccc(C(O)CNc2cc[nH]c(=O)c2-c2nc3c(N)cc(C#N)cc3[nH]2)cc1Br. The van der Waals surface area contributed by atoms with E-state index in [4.69, 9.17) is 15.7 Å². The van der Waals surface area contributed by atoms with E-state index in [9.17, 15) is 9.90 Å². The predicted molar refractivity (Wildman–Crippen MR) is 125 cm³/mol. The van der Waals surface area contributed by atoms with Gasteiger partial charge < -0.3 is 30.9 Å². The summed E-state index contributed by atoms with van der Waals surface area (Å²) in [6, 6.07) is 12.2. The molecule has 4 rings (SSSR count). The number of aliphatic hydroxyl groups excluding tert-OH is 1. The molecule has 2 aromatic carbocycles. The number of aliphatic hydroxyl groups is 1. The van der Waals surface area contributed by atoms with Crippen molar-refractivity contribution in [2.24, 2.45) is 0 Å². The number of benzene rings is 2. The number of rotatable bonds is 6. The number of nitrogens with zero attached hydrogens (tertiary/aromatic N) is 2. The Bertz CT molecular complexity index is 1410. The predicted octanol–water partition coefficient (Wildman–Crippen LogP) is 3.29. The second kappa shape index (κ2) is 8.74. The van der Waals surface area contributed by atoms with Crippen LogP contribution in [0, 0.1) is 11.3 Å². The number of aromatic amines is 2. The maximum absolute atomic E-state index is 12.6. The van der Waals surface area contributed by atoms with Crippen LogP contribution in [-0.2, 0) is 0 Å². The van der Waals surface area contributed by atoms with Gasteiger partial charge in [0.15, 0.2) is 0 Å². The van der Waals surface area contributed by atoms with Gasteiger partial charge in [0.1, 0.15) is 22.7 Å². The molecule has 6 N–H and O–H groups in total. The molecular formula is C22H19BrN6O3. The number of aromatic nitrogens is 3. The van der Waals surface area contributed by atoms with Crippen LogP contribution < -0.4 is 21.3 Å². The number of halogens is 1. The van der Waals surface area contributed by atoms with Gasteiger partial charge in [-0.1, -0.05) is 6.07 Å². The fraction of sp³-hybridized carbons (Fsp3) is 0.136. The average Bonchev–Trinajstić information content (AvgIpc) is 3.21. The maximum Gasteiger partial charge on any atom is 0.261 e. The van der Waals surface area contributed by atoms with Crippen LogP contribution in [0.3, 0.4) is 0 Å². The minimum Gasteiger partial charge on any atom is -0.496 e. The molecule has 4 aromatic rings. The monoisotopic (exact) mass is 494 g/mol. The van der Waals surface area contributed by atoms with E-state index in [2.05, 4.69) is 36.2 Å². The number of fused-ring (bicyclic) bond motifs is 1. The van der Waals surface area contributed by atoms with E-state index >= 15 is 0 Å². The van der Waals surface area contributed by atoms with Gasteiger partial charge in [-0.3, -0.25) is 4.79 Å². The van der Waals surface area contributed by atoms with E-state index in [1.54, 1.807) is 37.4 Å². The van der Waals surface area contributed by atoms with Gasteiger partial charge in [0.05, 0.1) is 46.2 Å². The van der Waals surface area contributed by atoms with Crippen molar-refractivity contribution in [3.8, 4) is 23.2 Å². The normalized spacial score (nSPS) is 11.8. The second-order valence-corrected chi connectivity index (χ2v) is 7.90. The van der Waals surface area contributed by atoms with Crippen LogP contribution in [0.5, 0.6) is 5.75 Å². The Morgan fingerprint density at radius 1 is 1.34 bits per heavy atom. The zero-order valence-corrected chi connectivity index (χ0v) is 18.5. The highest BCUT2D eigenvalue weighted by Crippen LogP contribution is 2.30. The molecule has 0 saturated carbocycles. The van der Waals surface area contributed by atoms with Crippen LogP contribution in [0.1, 0.15) is 17.2 Å². The fourth-order valence-corrected chi connectivity index (χ4v) is 3.96. The van der Waals surface area contributed by atoms with Crippen LogP contribution in [-0.4, -0.2) is 33.7 Å². The highest BCUT2D eigenvalue weighted by Gasteiger charge is 2.17. The summed E-state index contributed by atoms with van der Waals surface area (Å²) in [4.78, 5) is 22.8. The van der Waals surface area contributed by atoms with E-state index in [-0.39, 0.29) is 17.7 Å². The van der Waals surface area contributed by atoms with Gasteiger partial charge in [0.25, 0.3) is 5.56 Å². The number of ether oxygens (including phenoxy) is 1. The summed E-state index contributed by atoms with van der Waals surface area (Å²) in [5.74, 6) is 0.960. The Kier molecular flexibility index (Phi) is 5.85. The van der Waals surface area contributed by atoms with Crippen molar-refractivity contribution < 1.29 is 9.84 Å². The standard InChI is InChI=1S/C22H19BrN6O3/c1-32-18-3-2-12(8-13(18)23)17(30)10-27-15-4-5-26-22(31)19(15)21-28-16-7-11(9-24)6-14(25)20(16)29-21/h2-8,17,30H,10,25H2,1H3,(H,28,29)(H2,26,27,31). The molecule has 0 saturated heterocycles. The first-order valence-electron chi connectivity index (χ1n) is 9.58. The van der Waals surface area contributed by atoms with Crippen molar-refractivity contribution in [3.63, 3.8) is 0 Å². The molecule has 0 aliphatic heterocycles. The summed E-state index contributed by atoms with van der Waals surface area (Å²) in [6.45, 7) is 0.149. The van der Waals surface area contributed by atoms with E-state index in [0.29, 0.717) is 45.1 Å². The summed E-state index contributed by atoms with van der Waals surface area (Å²) in [5.41, 5.74) is 8.82. The minimum atomic E-state index is -0.839. The molecule has 0 aliphatic carbocycles. The van der Waals surface area contributed by atoms with E-state index in [1.807, 2.05) is 6.07 Å². The van der Waals surface area contributed by atoms with Gasteiger partial charge in [0.2, 0.25) is 0 Å². The number of hydrogen-bond acceptors (Lipinski definition) is 7. The van der Waals surface area contributed by atoms with E-state index in [0.717, 1.165) is 4.47 Å². The first-order chi connectivity index (χ1) is 15.4. The van der Waals surface area contributed by atoms with Crippen LogP contribution in [0.15, 0.2) is 51.9 Å². The lowest BCUT2D eigenvalue weighted by Gasteiger charge is -2.16. The zero-order chi connectivity index (χ0) is 22.8. The second-order valence-electron chi connectivity index (χ2n) is 7.05. The van der Waals surface area contributed by atoms with E-state index in [1.165, 1.54) is 12.3 Å². The number of imidazole rings is 1. The van der Waals surface area contributed by atoms with Gasteiger partial charge in [-0.2, -0.15) is 5.26 Å². The number of pyridine rings is 1. The summed E-state index contributed by atoms with van der Waals surface area (Å²) >= 11 is 3.41. The number of nitrogens with one attached hydrogen (secondary N) is 3. The van der Waals surface area contributed by atoms with Crippen molar-refractivity contribution in [3.05, 3.63) is 68.5 Å². The molecule has 1 atom stereocenters. The Morgan fingerprint density at radius 3 is 2.88 bits per heavy atom. The lowest BCUT2D eigenvalue weighted by molar-refractivity contribution is 0.191. The van der Waals surface area contributed by atoms with Crippen molar-refractivity contribution in [2.45, 2.75) is 6.10 Å². The Hall–Kier alpha value is -3.81. The molecule has 9 nitrogen and oxygen atoms in total. The minimum absolute atomic E-state index is 0.149. The van der Waals surface area contributed by atoms with Crippen LogP contribution in [0.4, 0.5) is 11.4 Å². The average molecular weight is 495 g/mol. The molecular weight excluding hydrogens is 476 g/mol. The first-order valence-corrected chi connectivity index (χ1v) is 10.4. The lowest BCUT2D eigenvalue weighted by atomic mass is 10.1. The zero-order valence-electron chi connectivity index (χ0n) is 16.9. The summed E-state index contributed by atoms with van der Waals surface area (Å²) in [6.07, 6.45) is 0.670. The molecule has 0 fully saturated rings. The third-order valence-electron chi connectivity index (χ3n) is 4.99. The molecule has 10 heteroatoms. The highest BCUT2D eigenvalue weighted by atomic mass is 79.9. The molecule has 32 heavy (non-hydrogen) atoms. The fourth-order valence-electron chi connectivity index (χ4n) is 3.40. The van der Waals surface area contributed by atoms with Gasteiger partial charge >= 0.3 is 0 Å². The largest absolute Gasteiger partial charge is 0.496 e. The van der Waals surface area contributed by atoms with Gasteiger partial charge in [-0.15, -0.1) is 0 Å². The van der Waals surface area contributed by atoms with E-state index < -0.39 is 6.10 Å². The van der Waals surface area contributed by atoms with Gasteiger partial charge in [-0.05, 0) is 51.8 Å². The lowest BCUT2D eigenvalue weighted by Crippen LogP contribution is -2.17. The molecule has 2 aromatic heterocycles.